The van der Waals surface area contributed by atoms with Crippen molar-refractivity contribution in [2.45, 2.75) is 51.2 Å². The number of likely N-dealkylation sites (N-methyl/N-ethyl adjacent to an activating group) is 1. The number of carbonyl (C=O) groups is 1. The van der Waals surface area contributed by atoms with E-state index in [1.54, 1.807) is 19.3 Å². The maximum absolute atomic E-state index is 12.0. The lowest BCUT2D eigenvalue weighted by molar-refractivity contribution is -0.685. The molecule has 0 saturated carbocycles. The zero-order chi connectivity index (χ0) is 19.1. The fraction of sp³-hybridized carbons (Fsp3) is 0.588. The first-order valence-corrected chi connectivity index (χ1v) is 8.41. The molecule has 1 fully saturated rings. The predicted octanol–water partition coefficient (Wildman–Crippen LogP) is -0.772. The minimum atomic E-state index is -1.17. The molecule has 0 amide bonds. The minimum absolute atomic E-state index is 0.0661. The topological polar surface area (TPSA) is 139 Å². The van der Waals surface area contributed by atoms with E-state index >= 15 is 0 Å². The molecule has 1 aromatic carbocycles. The number of phenols is 1. The number of rotatable bonds is 4. The van der Waals surface area contributed by atoms with E-state index in [1.807, 2.05) is 13.8 Å². The number of esters is 1. The molecule has 1 heterocycles. The first-order chi connectivity index (χ1) is 11.8. The summed E-state index contributed by atoms with van der Waals surface area (Å²) in [7, 11) is 1.78. The average molecular weight is 357 g/mol. The summed E-state index contributed by atoms with van der Waals surface area (Å²) < 4.78 is 10.7. The number of aliphatic hydroxyl groups excluding tert-OH is 2. The van der Waals surface area contributed by atoms with Gasteiger partial charge in [-0.1, -0.05) is 13.8 Å². The van der Waals surface area contributed by atoms with Crippen LogP contribution >= 0.6 is 0 Å². The molecular weight excluding hydrogens is 328 g/mol. The van der Waals surface area contributed by atoms with Gasteiger partial charge in [0, 0.05) is 5.69 Å². The number of hydrogen-bond acceptors (Lipinski definition) is 7. The quantitative estimate of drug-likeness (QED) is 0.271. The van der Waals surface area contributed by atoms with Gasteiger partial charge in [-0.05, 0) is 25.1 Å². The summed E-state index contributed by atoms with van der Waals surface area (Å²) >= 11 is 0. The highest BCUT2D eigenvalue weighted by Gasteiger charge is 2.44. The lowest BCUT2D eigenvalue weighted by Gasteiger charge is -2.39. The number of ether oxygens (including phenoxy) is 2. The van der Waals surface area contributed by atoms with Crippen LogP contribution in [0.4, 0.5) is 5.69 Å². The smallest absolute Gasteiger partial charge is 0.342 e. The number of phenolic OH excluding ortho intramolecular Hbond substituents is 1. The van der Waals surface area contributed by atoms with Gasteiger partial charge in [0.2, 0.25) is 0 Å². The Morgan fingerprint density at radius 3 is 2.56 bits per heavy atom. The van der Waals surface area contributed by atoms with Crippen LogP contribution in [0.3, 0.4) is 0 Å². The third-order valence-electron chi connectivity index (χ3n) is 4.06. The van der Waals surface area contributed by atoms with Crippen LogP contribution in [-0.4, -0.2) is 65.4 Å². The maximum Gasteiger partial charge on any atom is 0.342 e. The van der Waals surface area contributed by atoms with Crippen LogP contribution in [0.15, 0.2) is 18.2 Å². The third kappa shape index (κ3) is 5.05. The SMILES string of the molecule is CC.C[NH2+]C1[C@@H](C)OC(COC(=O)c2cc(N)ccc2O)[C@H](O)[C@H]1O. The molecule has 0 aromatic heterocycles. The van der Waals surface area contributed by atoms with Crippen LogP contribution in [-0.2, 0) is 9.47 Å². The van der Waals surface area contributed by atoms with E-state index in [2.05, 4.69) is 0 Å². The Morgan fingerprint density at radius 2 is 1.96 bits per heavy atom. The Bertz CT molecular complexity index is 568. The van der Waals surface area contributed by atoms with E-state index in [-0.39, 0.29) is 30.1 Å². The van der Waals surface area contributed by atoms with E-state index in [0.29, 0.717) is 5.69 Å². The highest BCUT2D eigenvalue weighted by Crippen LogP contribution is 2.22. The fourth-order valence-corrected chi connectivity index (χ4v) is 2.73. The van der Waals surface area contributed by atoms with Gasteiger partial charge in [-0.15, -0.1) is 0 Å². The molecule has 0 spiro atoms. The molecule has 0 aliphatic carbocycles. The second-order valence-corrected chi connectivity index (χ2v) is 5.65. The summed E-state index contributed by atoms with van der Waals surface area (Å²) in [4.78, 5) is 12.0. The van der Waals surface area contributed by atoms with Gasteiger partial charge < -0.3 is 35.8 Å². The molecular formula is C17H29N2O6+. The van der Waals surface area contributed by atoms with Crippen LogP contribution < -0.4 is 11.1 Å². The Hall–Kier alpha value is -1.87. The molecule has 142 valence electrons. The Labute approximate surface area is 147 Å². The van der Waals surface area contributed by atoms with Crippen LogP contribution in [0, 0.1) is 0 Å². The fourth-order valence-electron chi connectivity index (χ4n) is 2.73. The number of nitrogen functional groups attached to an aromatic ring is 1. The Balaban J connectivity index is 0.00000151. The first-order valence-electron chi connectivity index (χ1n) is 8.41. The standard InChI is InChI=1S/C15H22N2O6.C2H6/c1-7-12(17-2)14(20)13(19)11(23-7)6-22-15(21)9-5-8(16)3-4-10(9)18;1-2/h3-5,7,11-14,17-20H,6,16H2,1-2H3;1-2H3/p+1/t7-,11?,12?,13+,14+;/m1./s1. The zero-order valence-electron chi connectivity index (χ0n) is 15.0. The van der Waals surface area contributed by atoms with E-state index < -0.39 is 24.3 Å². The molecule has 25 heavy (non-hydrogen) atoms. The normalized spacial score (nSPS) is 28.6. The van der Waals surface area contributed by atoms with Crippen molar-refractivity contribution in [3.8, 4) is 5.75 Å². The molecule has 0 bridgehead atoms. The van der Waals surface area contributed by atoms with Gasteiger partial charge in [0.15, 0.2) is 0 Å². The van der Waals surface area contributed by atoms with Gasteiger partial charge in [-0.25, -0.2) is 4.79 Å². The molecule has 2 rings (SSSR count). The van der Waals surface area contributed by atoms with E-state index in [4.69, 9.17) is 15.2 Å². The largest absolute Gasteiger partial charge is 0.507 e. The number of anilines is 1. The summed E-state index contributed by atoms with van der Waals surface area (Å²) in [6.45, 7) is 5.53. The molecule has 0 radical (unpaired) electrons. The number of benzene rings is 1. The highest BCUT2D eigenvalue weighted by molar-refractivity contribution is 5.93. The molecule has 7 N–H and O–H groups in total. The van der Waals surface area contributed by atoms with Crippen LogP contribution in [0.1, 0.15) is 31.1 Å². The van der Waals surface area contributed by atoms with Crippen LogP contribution in [0.2, 0.25) is 0 Å². The second-order valence-electron chi connectivity index (χ2n) is 5.65. The third-order valence-corrected chi connectivity index (χ3v) is 4.06. The summed E-state index contributed by atoms with van der Waals surface area (Å²) in [5.74, 6) is -1.03. The molecule has 8 nitrogen and oxygen atoms in total. The summed E-state index contributed by atoms with van der Waals surface area (Å²) in [5, 5.41) is 31.6. The van der Waals surface area contributed by atoms with Gasteiger partial charge in [0.1, 0.15) is 48.4 Å². The van der Waals surface area contributed by atoms with Crippen molar-refractivity contribution in [1.29, 1.82) is 0 Å². The van der Waals surface area contributed by atoms with Gasteiger partial charge in [-0.3, -0.25) is 0 Å². The van der Waals surface area contributed by atoms with E-state index in [9.17, 15) is 20.1 Å². The minimum Gasteiger partial charge on any atom is -0.507 e. The van der Waals surface area contributed by atoms with Gasteiger partial charge in [-0.2, -0.15) is 0 Å². The first kappa shape index (κ1) is 21.2. The summed E-state index contributed by atoms with van der Waals surface area (Å²) in [6.07, 6.45) is -3.32. The van der Waals surface area contributed by atoms with Gasteiger partial charge >= 0.3 is 5.97 Å². The number of nitrogens with two attached hydrogens (primary N) is 2. The van der Waals surface area contributed by atoms with Crippen molar-refractivity contribution in [3.05, 3.63) is 23.8 Å². The van der Waals surface area contributed by atoms with Gasteiger partial charge in [0.25, 0.3) is 0 Å². The lowest BCUT2D eigenvalue weighted by Crippen LogP contribution is -2.93. The molecule has 1 saturated heterocycles. The molecule has 1 aromatic rings. The zero-order valence-corrected chi connectivity index (χ0v) is 15.0. The Kier molecular flexibility index (Phi) is 8.11. The number of quaternary nitrogens is 1. The van der Waals surface area contributed by atoms with Gasteiger partial charge in [0.05, 0.1) is 7.05 Å². The lowest BCUT2D eigenvalue weighted by atomic mass is 9.94. The molecule has 1 aliphatic rings. The summed E-state index contributed by atoms with van der Waals surface area (Å²) in [6, 6.07) is 3.76. The number of hydrogen-bond donors (Lipinski definition) is 5. The van der Waals surface area contributed by atoms with E-state index in [1.165, 1.54) is 18.2 Å². The Morgan fingerprint density at radius 1 is 1.32 bits per heavy atom. The average Bonchev–Trinajstić information content (AvgIpc) is 2.61. The second kappa shape index (κ2) is 9.57. The van der Waals surface area contributed by atoms with Crippen molar-refractivity contribution >= 4 is 11.7 Å². The number of aliphatic hydroxyl groups is 2. The maximum atomic E-state index is 12.0. The molecule has 8 heteroatoms. The monoisotopic (exact) mass is 357 g/mol. The van der Waals surface area contributed by atoms with Crippen LogP contribution in [0.5, 0.6) is 5.75 Å². The van der Waals surface area contributed by atoms with E-state index in [0.717, 1.165) is 0 Å². The molecule has 5 atom stereocenters. The van der Waals surface area contributed by atoms with Crippen molar-refractivity contribution < 1.29 is 34.9 Å². The number of aromatic hydroxyl groups is 1. The van der Waals surface area contributed by atoms with Crippen molar-refractivity contribution in [2.24, 2.45) is 0 Å². The molecule has 2 unspecified atom stereocenters. The van der Waals surface area contributed by atoms with Crippen molar-refractivity contribution in [2.75, 3.05) is 19.4 Å². The van der Waals surface area contributed by atoms with Crippen molar-refractivity contribution in [1.82, 2.24) is 0 Å². The highest BCUT2D eigenvalue weighted by atomic mass is 16.6. The van der Waals surface area contributed by atoms with Crippen molar-refractivity contribution in [3.63, 3.8) is 0 Å². The van der Waals surface area contributed by atoms with Crippen LogP contribution in [0.25, 0.3) is 0 Å². The predicted molar refractivity (Wildman–Crippen MR) is 92.1 cm³/mol. The summed E-state index contributed by atoms with van der Waals surface area (Å²) in [5.41, 5.74) is 5.82. The molecule has 1 aliphatic heterocycles. The number of carbonyl (C=O) groups excluding carboxylic acids is 1.